The fraction of sp³-hybridized carbons (Fsp3) is 0.333. The molecule has 0 radical (unpaired) electrons. The first kappa shape index (κ1) is 14.6. The number of likely N-dealkylation sites (N-methyl/N-ethyl adjacent to an activating group) is 1. The molecule has 20 heavy (non-hydrogen) atoms. The highest BCUT2D eigenvalue weighted by Crippen LogP contribution is 2.22. The SMILES string of the molecule is CNC(COc1ccccc1C)c1ccc(C)cc1C. The van der Waals surface area contributed by atoms with Crippen LogP contribution < -0.4 is 10.1 Å². The molecule has 0 saturated heterocycles. The summed E-state index contributed by atoms with van der Waals surface area (Å²) in [6, 6.07) is 14.9. The zero-order valence-corrected chi connectivity index (χ0v) is 12.7. The summed E-state index contributed by atoms with van der Waals surface area (Å²) in [6.07, 6.45) is 0. The third-order valence-electron chi connectivity index (χ3n) is 3.65. The van der Waals surface area contributed by atoms with Gasteiger partial charge in [-0.25, -0.2) is 0 Å². The maximum atomic E-state index is 5.97. The third kappa shape index (κ3) is 3.40. The van der Waals surface area contributed by atoms with E-state index in [0.717, 1.165) is 5.75 Å². The number of para-hydroxylation sites is 1. The highest BCUT2D eigenvalue weighted by Gasteiger charge is 2.13. The average molecular weight is 269 g/mol. The van der Waals surface area contributed by atoms with Gasteiger partial charge in [-0.3, -0.25) is 0 Å². The molecule has 0 heterocycles. The van der Waals surface area contributed by atoms with Crippen LogP contribution in [-0.4, -0.2) is 13.7 Å². The van der Waals surface area contributed by atoms with Crippen LogP contribution in [0.1, 0.15) is 28.3 Å². The van der Waals surface area contributed by atoms with Gasteiger partial charge in [-0.2, -0.15) is 0 Å². The molecule has 0 aromatic heterocycles. The van der Waals surface area contributed by atoms with E-state index < -0.39 is 0 Å². The van der Waals surface area contributed by atoms with Gasteiger partial charge >= 0.3 is 0 Å². The number of ether oxygens (including phenoxy) is 1. The highest BCUT2D eigenvalue weighted by molar-refractivity contribution is 5.34. The quantitative estimate of drug-likeness (QED) is 0.887. The van der Waals surface area contributed by atoms with Crippen LogP contribution in [0.3, 0.4) is 0 Å². The van der Waals surface area contributed by atoms with Crippen molar-refractivity contribution >= 4 is 0 Å². The largest absolute Gasteiger partial charge is 0.491 e. The third-order valence-corrected chi connectivity index (χ3v) is 3.65. The Hall–Kier alpha value is -1.80. The van der Waals surface area contributed by atoms with E-state index in [4.69, 9.17) is 4.74 Å². The molecular weight excluding hydrogens is 246 g/mol. The van der Waals surface area contributed by atoms with Gasteiger partial charge in [-0.05, 0) is 50.6 Å². The minimum absolute atomic E-state index is 0.204. The Labute approximate surface area is 121 Å². The molecule has 0 saturated carbocycles. The Bertz CT molecular complexity index is 577. The molecule has 0 aliphatic heterocycles. The Morgan fingerprint density at radius 3 is 2.40 bits per heavy atom. The summed E-state index contributed by atoms with van der Waals surface area (Å²) in [4.78, 5) is 0. The van der Waals surface area contributed by atoms with Crippen LogP contribution in [0.4, 0.5) is 0 Å². The average Bonchev–Trinajstić information content (AvgIpc) is 2.43. The van der Waals surface area contributed by atoms with Crippen LogP contribution >= 0.6 is 0 Å². The lowest BCUT2D eigenvalue weighted by Gasteiger charge is -2.20. The van der Waals surface area contributed by atoms with E-state index >= 15 is 0 Å². The van der Waals surface area contributed by atoms with E-state index in [-0.39, 0.29) is 6.04 Å². The predicted molar refractivity (Wildman–Crippen MR) is 84.4 cm³/mol. The summed E-state index contributed by atoms with van der Waals surface area (Å²) in [5, 5.41) is 3.34. The lowest BCUT2D eigenvalue weighted by molar-refractivity contribution is 0.271. The summed E-state index contributed by atoms with van der Waals surface area (Å²) in [6.45, 7) is 6.97. The Kier molecular flexibility index (Phi) is 4.80. The van der Waals surface area contributed by atoms with Crippen LogP contribution in [0, 0.1) is 20.8 Å². The predicted octanol–water partition coefficient (Wildman–Crippen LogP) is 3.95. The van der Waals surface area contributed by atoms with Crippen molar-refractivity contribution in [2.75, 3.05) is 13.7 Å². The van der Waals surface area contributed by atoms with Gasteiger partial charge in [0, 0.05) is 0 Å². The van der Waals surface area contributed by atoms with Crippen molar-refractivity contribution in [2.24, 2.45) is 0 Å². The van der Waals surface area contributed by atoms with Gasteiger partial charge in [0.15, 0.2) is 0 Å². The van der Waals surface area contributed by atoms with E-state index in [1.807, 2.05) is 25.2 Å². The smallest absolute Gasteiger partial charge is 0.122 e. The van der Waals surface area contributed by atoms with Gasteiger partial charge in [0.1, 0.15) is 12.4 Å². The molecule has 0 bridgehead atoms. The molecule has 1 atom stereocenters. The van der Waals surface area contributed by atoms with Crippen molar-refractivity contribution < 1.29 is 4.74 Å². The summed E-state index contributed by atoms with van der Waals surface area (Å²) in [7, 11) is 1.98. The van der Waals surface area contributed by atoms with Crippen molar-refractivity contribution in [3.63, 3.8) is 0 Å². The van der Waals surface area contributed by atoms with Gasteiger partial charge < -0.3 is 10.1 Å². The summed E-state index contributed by atoms with van der Waals surface area (Å²) < 4.78 is 5.97. The van der Waals surface area contributed by atoms with Crippen LogP contribution in [0.15, 0.2) is 42.5 Å². The number of hydrogen-bond acceptors (Lipinski definition) is 2. The zero-order valence-electron chi connectivity index (χ0n) is 12.7. The molecule has 0 fully saturated rings. The number of benzene rings is 2. The van der Waals surface area contributed by atoms with E-state index in [2.05, 4.69) is 50.4 Å². The standard InChI is InChI=1S/C18H23NO/c1-13-9-10-16(15(3)11-13)17(19-4)12-20-18-8-6-5-7-14(18)2/h5-11,17,19H,12H2,1-4H3. The lowest BCUT2D eigenvalue weighted by Crippen LogP contribution is -2.24. The molecule has 106 valence electrons. The van der Waals surface area contributed by atoms with E-state index in [1.54, 1.807) is 0 Å². The van der Waals surface area contributed by atoms with Gasteiger partial charge in [0.2, 0.25) is 0 Å². The minimum atomic E-state index is 0.204. The fourth-order valence-electron chi connectivity index (χ4n) is 2.44. The van der Waals surface area contributed by atoms with Crippen molar-refractivity contribution in [1.29, 1.82) is 0 Å². The summed E-state index contributed by atoms with van der Waals surface area (Å²) in [5.41, 5.74) is 5.06. The Morgan fingerprint density at radius 2 is 1.75 bits per heavy atom. The first-order valence-electron chi connectivity index (χ1n) is 7.04. The van der Waals surface area contributed by atoms with Gasteiger partial charge in [-0.1, -0.05) is 42.0 Å². The van der Waals surface area contributed by atoms with Crippen LogP contribution in [0.2, 0.25) is 0 Å². The van der Waals surface area contributed by atoms with E-state index in [9.17, 15) is 0 Å². The molecule has 0 aliphatic carbocycles. The van der Waals surface area contributed by atoms with Crippen LogP contribution in [0.25, 0.3) is 0 Å². The first-order chi connectivity index (χ1) is 9.61. The molecule has 0 amide bonds. The van der Waals surface area contributed by atoms with Crippen LogP contribution in [0.5, 0.6) is 5.75 Å². The maximum Gasteiger partial charge on any atom is 0.122 e. The number of aryl methyl sites for hydroxylation is 3. The van der Waals surface area contributed by atoms with Crippen molar-refractivity contribution in [3.05, 3.63) is 64.7 Å². The highest BCUT2D eigenvalue weighted by atomic mass is 16.5. The van der Waals surface area contributed by atoms with Crippen molar-refractivity contribution in [3.8, 4) is 5.75 Å². The molecule has 0 aliphatic rings. The van der Waals surface area contributed by atoms with Crippen molar-refractivity contribution in [1.82, 2.24) is 5.32 Å². The number of hydrogen-bond donors (Lipinski definition) is 1. The van der Waals surface area contributed by atoms with Crippen LogP contribution in [-0.2, 0) is 0 Å². The summed E-state index contributed by atoms with van der Waals surface area (Å²) in [5.74, 6) is 0.956. The normalized spacial score (nSPS) is 12.2. The number of nitrogens with one attached hydrogen (secondary N) is 1. The topological polar surface area (TPSA) is 21.3 Å². The fourth-order valence-corrected chi connectivity index (χ4v) is 2.44. The summed E-state index contributed by atoms with van der Waals surface area (Å²) >= 11 is 0. The second-order valence-electron chi connectivity index (χ2n) is 5.28. The molecule has 2 rings (SSSR count). The van der Waals surface area contributed by atoms with E-state index in [0.29, 0.717) is 6.61 Å². The Morgan fingerprint density at radius 1 is 1.00 bits per heavy atom. The molecule has 2 aromatic rings. The number of rotatable bonds is 5. The molecule has 2 nitrogen and oxygen atoms in total. The molecule has 1 N–H and O–H groups in total. The lowest BCUT2D eigenvalue weighted by atomic mass is 10.00. The Balaban J connectivity index is 2.11. The van der Waals surface area contributed by atoms with Crippen molar-refractivity contribution in [2.45, 2.75) is 26.8 Å². The second kappa shape index (κ2) is 6.58. The zero-order chi connectivity index (χ0) is 14.5. The van der Waals surface area contributed by atoms with Gasteiger partial charge in [0.25, 0.3) is 0 Å². The van der Waals surface area contributed by atoms with E-state index in [1.165, 1.54) is 22.3 Å². The molecular formula is C18H23NO. The minimum Gasteiger partial charge on any atom is -0.491 e. The first-order valence-corrected chi connectivity index (χ1v) is 7.04. The second-order valence-corrected chi connectivity index (χ2v) is 5.28. The van der Waals surface area contributed by atoms with Gasteiger partial charge in [-0.15, -0.1) is 0 Å². The molecule has 2 heteroatoms. The maximum absolute atomic E-state index is 5.97. The monoisotopic (exact) mass is 269 g/mol. The molecule has 2 aromatic carbocycles. The molecule has 1 unspecified atom stereocenters. The van der Waals surface area contributed by atoms with Gasteiger partial charge in [0.05, 0.1) is 6.04 Å². The molecule has 0 spiro atoms.